The van der Waals surface area contributed by atoms with Gasteiger partial charge in [-0.25, -0.2) is 4.39 Å². The molecule has 1 atom stereocenters. The van der Waals surface area contributed by atoms with E-state index in [2.05, 4.69) is 11.8 Å². The molecule has 0 radical (unpaired) electrons. The highest BCUT2D eigenvalue weighted by molar-refractivity contribution is 8.00. The average Bonchev–Trinajstić information content (AvgIpc) is 2.39. The second-order valence-electron chi connectivity index (χ2n) is 4.63. The highest BCUT2D eigenvalue weighted by Gasteiger charge is 2.23. The highest BCUT2D eigenvalue weighted by atomic mass is 32.2. The maximum Gasteiger partial charge on any atom is 0.146 e. The van der Waals surface area contributed by atoms with Crippen LogP contribution in [0.2, 0.25) is 0 Å². The lowest BCUT2D eigenvalue weighted by Crippen LogP contribution is -2.38. The van der Waals surface area contributed by atoms with E-state index in [1.165, 1.54) is 0 Å². The number of hydrogen-bond donors (Lipinski definition) is 1. The molecule has 0 aromatic heterocycles. The minimum Gasteiger partial charge on any atom is -0.367 e. The van der Waals surface area contributed by atoms with Gasteiger partial charge in [0, 0.05) is 24.1 Å². The molecule has 0 aliphatic carbocycles. The molecule has 1 aliphatic rings. The molecule has 2 nitrogen and oxygen atoms in total. The number of benzene rings is 1. The average molecular weight is 268 g/mol. The summed E-state index contributed by atoms with van der Waals surface area (Å²) in [5.41, 5.74) is 7.44. The quantitative estimate of drug-likeness (QED) is 0.910. The van der Waals surface area contributed by atoms with Crippen molar-refractivity contribution >= 4 is 17.4 Å². The number of anilines is 1. The summed E-state index contributed by atoms with van der Waals surface area (Å²) in [6.07, 6.45) is 1.88. The van der Waals surface area contributed by atoms with Crippen LogP contribution in [0.1, 0.15) is 18.9 Å². The zero-order chi connectivity index (χ0) is 13.0. The lowest BCUT2D eigenvalue weighted by atomic mass is 10.1. The fourth-order valence-corrected chi connectivity index (χ4v) is 3.62. The lowest BCUT2D eigenvalue weighted by Gasteiger charge is -2.35. The molecule has 4 heteroatoms. The smallest absolute Gasteiger partial charge is 0.146 e. The van der Waals surface area contributed by atoms with Crippen LogP contribution in [0.4, 0.5) is 10.1 Å². The minimum atomic E-state index is -0.109. The van der Waals surface area contributed by atoms with Crippen LogP contribution in [-0.4, -0.2) is 30.6 Å². The summed E-state index contributed by atoms with van der Waals surface area (Å²) < 4.78 is 14.1. The second-order valence-corrected chi connectivity index (χ2v) is 6.04. The Hall–Kier alpha value is -0.740. The Morgan fingerprint density at radius 2 is 2.33 bits per heavy atom. The van der Waals surface area contributed by atoms with Gasteiger partial charge in [0.05, 0.1) is 5.69 Å². The number of nitrogens with zero attached hydrogens (tertiary/aromatic N) is 1. The van der Waals surface area contributed by atoms with Crippen LogP contribution < -0.4 is 10.6 Å². The summed E-state index contributed by atoms with van der Waals surface area (Å²) in [7, 11) is 0. The predicted molar refractivity (Wildman–Crippen MR) is 77.9 cm³/mol. The first-order valence-corrected chi connectivity index (χ1v) is 7.65. The van der Waals surface area contributed by atoms with Crippen LogP contribution in [0.5, 0.6) is 0 Å². The fourth-order valence-electron chi connectivity index (χ4n) is 2.44. The molecule has 18 heavy (non-hydrogen) atoms. The van der Waals surface area contributed by atoms with Crippen LogP contribution in [-0.2, 0) is 6.42 Å². The monoisotopic (exact) mass is 268 g/mol. The lowest BCUT2D eigenvalue weighted by molar-refractivity contribution is 0.610. The molecule has 1 aromatic carbocycles. The van der Waals surface area contributed by atoms with E-state index < -0.39 is 0 Å². The van der Waals surface area contributed by atoms with E-state index in [0.29, 0.717) is 11.8 Å². The molecule has 1 aromatic rings. The van der Waals surface area contributed by atoms with Crippen molar-refractivity contribution in [1.82, 2.24) is 0 Å². The topological polar surface area (TPSA) is 29.3 Å². The van der Waals surface area contributed by atoms with Crippen molar-refractivity contribution in [1.29, 1.82) is 0 Å². The van der Waals surface area contributed by atoms with E-state index in [0.717, 1.165) is 42.9 Å². The van der Waals surface area contributed by atoms with Crippen LogP contribution in [0.25, 0.3) is 0 Å². The zero-order valence-corrected chi connectivity index (χ0v) is 11.7. The number of thioether (sulfide) groups is 1. The Bertz CT molecular complexity index is 397. The molecule has 0 spiro atoms. The van der Waals surface area contributed by atoms with Gasteiger partial charge in [-0.3, -0.25) is 0 Å². The molecule has 0 bridgehead atoms. The number of halogens is 1. The Balaban J connectivity index is 2.25. The van der Waals surface area contributed by atoms with Gasteiger partial charge >= 0.3 is 0 Å². The Morgan fingerprint density at radius 1 is 1.50 bits per heavy atom. The molecule has 1 unspecified atom stereocenters. The van der Waals surface area contributed by atoms with Gasteiger partial charge in [-0.15, -0.1) is 0 Å². The molecule has 1 heterocycles. The molecule has 2 rings (SSSR count). The molecule has 100 valence electrons. The van der Waals surface area contributed by atoms with Crippen LogP contribution in [0.15, 0.2) is 18.2 Å². The maximum atomic E-state index is 14.1. The van der Waals surface area contributed by atoms with Crippen LogP contribution in [0, 0.1) is 5.82 Å². The van der Waals surface area contributed by atoms with Gasteiger partial charge in [-0.1, -0.05) is 19.1 Å². The SMILES string of the molecule is CCC1CN(c2c(F)cccc2CCN)CCS1. The van der Waals surface area contributed by atoms with E-state index in [1.807, 2.05) is 17.8 Å². The van der Waals surface area contributed by atoms with Gasteiger partial charge in [0.15, 0.2) is 0 Å². The summed E-state index contributed by atoms with van der Waals surface area (Å²) in [5, 5.41) is 0.615. The first-order valence-electron chi connectivity index (χ1n) is 6.60. The first-order chi connectivity index (χ1) is 8.76. The summed E-state index contributed by atoms with van der Waals surface area (Å²) in [6.45, 7) is 4.64. The van der Waals surface area contributed by atoms with Crippen LogP contribution >= 0.6 is 11.8 Å². The molecular weight excluding hydrogens is 247 g/mol. The summed E-state index contributed by atoms with van der Waals surface area (Å²) in [4.78, 5) is 2.20. The van der Waals surface area contributed by atoms with Gasteiger partial charge in [0.1, 0.15) is 5.82 Å². The molecule has 0 amide bonds. The van der Waals surface area contributed by atoms with Gasteiger partial charge in [0.25, 0.3) is 0 Å². The van der Waals surface area contributed by atoms with Crippen molar-refractivity contribution in [3.63, 3.8) is 0 Å². The van der Waals surface area contributed by atoms with E-state index in [-0.39, 0.29) is 5.82 Å². The summed E-state index contributed by atoms with van der Waals surface area (Å²) >= 11 is 2.00. The predicted octanol–water partition coefficient (Wildman–Crippen LogP) is 2.66. The van der Waals surface area contributed by atoms with Crippen molar-refractivity contribution in [2.24, 2.45) is 5.73 Å². The summed E-state index contributed by atoms with van der Waals surface area (Å²) in [5.74, 6) is 0.970. The minimum absolute atomic E-state index is 0.109. The Kier molecular flexibility index (Phi) is 4.89. The third kappa shape index (κ3) is 2.98. The number of rotatable bonds is 4. The van der Waals surface area contributed by atoms with E-state index in [1.54, 1.807) is 12.1 Å². The Morgan fingerprint density at radius 3 is 3.06 bits per heavy atom. The van der Waals surface area contributed by atoms with Crippen molar-refractivity contribution in [2.45, 2.75) is 25.0 Å². The zero-order valence-electron chi connectivity index (χ0n) is 10.9. The standard InChI is InChI=1S/C14H21FN2S/c1-2-12-10-17(8-9-18-12)14-11(6-7-16)4-3-5-13(14)15/h3-5,12H,2,6-10,16H2,1H3. The van der Waals surface area contributed by atoms with Gasteiger partial charge < -0.3 is 10.6 Å². The highest BCUT2D eigenvalue weighted by Crippen LogP contribution is 2.30. The van der Waals surface area contributed by atoms with Crippen molar-refractivity contribution < 1.29 is 4.39 Å². The van der Waals surface area contributed by atoms with Crippen molar-refractivity contribution in [3.8, 4) is 0 Å². The van der Waals surface area contributed by atoms with Crippen LogP contribution in [0.3, 0.4) is 0 Å². The van der Waals surface area contributed by atoms with Crippen molar-refractivity contribution in [3.05, 3.63) is 29.6 Å². The molecule has 1 aliphatic heterocycles. The molecule has 1 fully saturated rings. The van der Waals surface area contributed by atoms with Gasteiger partial charge in [0.2, 0.25) is 0 Å². The maximum absolute atomic E-state index is 14.1. The third-order valence-corrected chi connectivity index (χ3v) is 4.77. The molecule has 1 saturated heterocycles. The third-order valence-electron chi connectivity index (χ3n) is 3.39. The van der Waals surface area contributed by atoms with Crippen molar-refractivity contribution in [2.75, 3.05) is 30.3 Å². The fraction of sp³-hybridized carbons (Fsp3) is 0.571. The molecule has 0 saturated carbocycles. The first kappa shape index (κ1) is 13.7. The van der Waals surface area contributed by atoms with E-state index in [9.17, 15) is 4.39 Å². The van der Waals surface area contributed by atoms with Gasteiger partial charge in [-0.2, -0.15) is 11.8 Å². The number of nitrogens with two attached hydrogens (primary N) is 1. The van der Waals surface area contributed by atoms with E-state index >= 15 is 0 Å². The Labute approximate surface area is 113 Å². The number of para-hydroxylation sites is 1. The molecule has 2 N–H and O–H groups in total. The largest absolute Gasteiger partial charge is 0.367 e. The van der Waals surface area contributed by atoms with E-state index in [4.69, 9.17) is 5.73 Å². The van der Waals surface area contributed by atoms with Gasteiger partial charge in [-0.05, 0) is 31.0 Å². The number of hydrogen-bond acceptors (Lipinski definition) is 3. The molecular formula is C14H21FN2S. The normalized spacial score (nSPS) is 20.2. The second kappa shape index (κ2) is 6.43. The summed E-state index contributed by atoms with van der Waals surface area (Å²) in [6, 6.07) is 5.33.